The molecule has 6 N–H and O–H groups in total. The van der Waals surface area contributed by atoms with Crippen molar-refractivity contribution in [3.05, 3.63) is 83.9 Å². The van der Waals surface area contributed by atoms with Crippen LogP contribution in [0, 0.1) is 11.3 Å². The van der Waals surface area contributed by atoms with Gasteiger partial charge in [-0.25, -0.2) is 0 Å². The predicted molar refractivity (Wildman–Crippen MR) is 184 cm³/mol. The van der Waals surface area contributed by atoms with E-state index in [1.807, 2.05) is 100 Å². The largest absolute Gasteiger partial charge is 0.368 e. The summed E-state index contributed by atoms with van der Waals surface area (Å²) in [6, 6.07) is 19.3. The Kier molecular flexibility index (Phi) is 13.4. The third kappa shape index (κ3) is 11.6. The Morgan fingerprint density at radius 2 is 1.38 bits per heavy atom. The molecule has 256 valence electrons. The molecule has 11 nitrogen and oxygen atoms in total. The highest BCUT2D eigenvalue weighted by Crippen LogP contribution is 2.22. The summed E-state index contributed by atoms with van der Waals surface area (Å²) in [5.41, 5.74) is 6.78. The molecule has 0 aromatic heterocycles. The molecule has 0 saturated heterocycles. The predicted octanol–water partition coefficient (Wildman–Crippen LogP) is 2.73. The van der Waals surface area contributed by atoms with Crippen LogP contribution in [-0.4, -0.2) is 60.0 Å². The van der Waals surface area contributed by atoms with Crippen molar-refractivity contribution in [2.24, 2.45) is 17.1 Å². The number of ketones is 1. The van der Waals surface area contributed by atoms with Crippen LogP contribution in [0.3, 0.4) is 0 Å². The minimum absolute atomic E-state index is 0.0752. The molecule has 0 aliphatic heterocycles. The van der Waals surface area contributed by atoms with Gasteiger partial charge in [-0.1, -0.05) is 114 Å². The molecule has 0 bridgehead atoms. The second-order valence-corrected chi connectivity index (χ2v) is 13.4. The van der Waals surface area contributed by atoms with Gasteiger partial charge in [0.1, 0.15) is 12.1 Å². The molecule has 3 unspecified atom stereocenters. The van der Waals surface area contributed by atoms with Crippen LogP contribution >= 0.6 is 0 Å². The lowest BCUT2D eigenvalue weighted by molar-refractivity contribution is -0.142. The Balaban J connectivity index is 1.63. The number of carbonyl (C=O) groups is 6. The topological polar surface area (TPSA) is 177 Å². The standard InChI is InChI=1S/C37H47N5O6/c1-6-23(2)32(42-35(47)29(21-37(3,4)5)41-30(43)20-24-12-8-7-9-13-24)33(45)36(48)39-22-31(44)40-28(34(38)46)19-25-16-17-26-14-10-11-15-27(26)18-25/h7-18,23,28-29,32H,6,19-22H2,1-5H3,(H2,38,46)(H,39,48)(H,40,44)(H,41,43)(H,42,47)/t23-,28?,29?,32?/m0/s1. The van der Waals surface area contributed by atoms with Crippen LogP contribution in [0.2, 0.25) is 0 Å². The number of hydrogen-bond acceptors (Lipinski definition) is 6. The first-order valence-corrected chi connectivity index (χ1v) is 16.2. The molecule has 3 aromatic carbocycles. The number of fused-ring (bicyclic) bond motifs is 1. The summed E-state index contributed by atoms with van der Waals surface area (Å²) < 4.78 is 0. The first-order chi connectivity index (χ1) is 22.7. The van der Waals surface area contributed by atoms with Crippen molar-refractivity contribution in [2.75, 3.05) is 6.54 Å². The Morgan fingerprint density at radius 3 is 2.00 bits per heavy atom. The molecular formula is C37H47N5O6. The van der Waals surface area contributed by atoms with Gasteiger partial charge < -0.3 is 27.0 Å². The zero-order chi connectivity index (χ0) is 35.4. The monoisotopic (exact) mass is 657 g/mol. The van der Waals surface area contributed by atoms with Gasteiger partial charge in [0.15, 0.2) is 0 Å². The van der Waals surface area contributed by atoms with E-state index in [0.29, 0.717) is 6.42 Å². The Morgan fingerprint density at radius 1 is 0.750 bits per heavy atom. The van der Waals surface area contributed by atoms with E-state index in [4.69, 9.17) is 5.73 Å². The highest BCUT2D eigenvalue weighted by molar-refractivity contribution is 6.38. The summed E-state index contributed by atoms with van der Waals surface area (Å²) in [5, 5.41) is 12.3. The quantitative estimate of drug-likeness (QED) is 0.148. The number of nitrogens with two attached hydrogens (primary N) is 1. The van der Waals surface area contributed by atoms with E-state index in [1.54, 1.807) is 6.92 Å². The normalized spacial score (nSPS) is 13.8. The minimum Gasteiger partial charge on any atom is -0.368 e. The Hall–Kier alpha value is -5.06. The number of primary amides is 1. The van der Waals surface area contributed by atoms with Crippen molar-refractivity contribution in [3.63, 3.8) is 0 Å². The van der Waals surface area contributed by atoms with E-state index >= 15 is 0 Å². The van der Waals surface area contributed by atoms with Gasteiger partial charge in [0, 0.05) is 6.42 Å². The van der Waals surface area contributed by atoms with Crippen molar-refractivity contribution < 1.29 is 28.8 Å². The van der Waals surface area contributed by atoms with Gasteiger partial charge in [-0.15, -0.1) is 0 Å². The van der Waals surface area contributed by atoms with E-state index in [-0.39, 0.29) is 30.6 Å². The van der Waals surface area contributed by atoms with Crippen LogP contribution in [0.15, 0.2) is 72.8 Å². The molecular weight excluding hydrogens is 610 g/mol. The fraction of sp³-hybridized carbons (Fsp3) is 0.405. The lowest BCUT2D eigenvalue weighted by Crippen LogP contribution is -2.57. The highest BCUT2D eigenvalue weighted by atomic mass is 16.2. The fourth-order valence-corrected chi connectivity index (χ4v) is 5.26. The van der Waals surface area contributed by atoms with Crippen LogP contribution < -0.4 is 27.0 Å². The second-order valence-electron chi connectivity index (χ2n) is 13.4. The van der Waals surface area contributed by atoms with E-state index < -0.39 is 60.0 Å². The molecule has 3 rings (SSSR count). The molecule has 4 atom stereocenters. The molecule has 0 fully saturated rings. The number of Topliss-reactive ketones (excluding diaryl/α,β-unsaturated/α-hetero) is 1. The van der Waals surface area contributed by atoms with Gasteiger partial charge in [0.25, 0.3) is 5.91 Å². The number of carbonyl (C=O) groups excluding carboxylic acids is 6. The zero-order valence-electron chi connectivity index (χ0n) is 28.3. The molecule has 0 aliphatic carbocycles. The maximum absolute atomic E-state index is 13.5. The van der Waals surface area contributed by atoms with Crippen molar-refractivity contribution in [1.29, 1.82) is 0 Å². The van der Waals surface area contributed by atoms with Crippen LogP contribution in [0.1, 0.15) is 58.6 Å². The van der Waals surface area contributed by atoms with Gasteiger partial charge in [-0.05, 0) is 39.7 Å². The maximum Gasteiger partial charge on any atom is 0.290 e. The van der Waals surface area contributed by atoms with Crippen molar-refractivity contribution >= 4 is 46.1 Å². The number of hydrogen-bond donors (Lipinski definition) is 5. The number of rotatable bonds is 16. The van der Waals surface area contributed by atoms with Gasteiger partial charge in [-0.3, -0.25) is 28.8 Å². The van der Waals surface area contributed by atoms with Crippen molar-refractivity contribution in [1.82, 2.24) is 21.3 Å². The van der Waals surface area contributed by atoms with E-state index in [9.17, 15) is 28.8 Å². The fourth-order valence-electron chi connectivity index (χ4n) is 5.26. The molecule has 3 aromatic rings. The van der Waals surface area contributed by atoms with Gasteiger partial charge >= 0.3 is 0 Å². The molecule has 0 radical (unpaired) electrons. The number of nitrogens with one attached hydrogen (secondary N) is 4. The lowest BCUT2D eigenvalue weighted by Gasteiger charge is -2.29. The smallest absolute Gasteiger partial charge is 0.290 e. The number of benzene rings is 3. The summed E-state index contributed by atoms with van der Waals surface area (Å²) >= 11 is 0. The zero-order valence-corrected chi connectivity index (χ0v) is 28.3. The summed E-state index contributed by atoms with van der Waals surface area (Å²) in [5.74, 6) is -4.84. The van der Waals surface area contributed by atoms with E-state index in [0.717, 1.165) is 21.9 Å². The van der Waals surface area contributed by atoms with Gasteiger partial charge in [-0.2, -0.15) is 0 Å². The van der Waals surface area contributed by atoms with Crippen LogP contribution in [0.5, 0.6) is 0 Å². The van der Waals surface area contributed by atoms with E-state index in [1.165, 1.54) is 0 Å². The Labute approximate surface area is 281 Å². The van der Waals surface area contributed by atoms with Crippen molar-refractivity contribution in [2.45, 2.75) is 78.4 Å². The molecule has 5 amide bonds. The average Bonchev–Trinajstić information content (AvgIpc) is 3.04. The first kappa shape index (κ1) is 37.4. The summed E-state index contributed by atoms with van der Waals surface area (Å²) in [6.07, 6.45) is 0.960. The molecule has 0 saturated carbocycles. The number of amides is 5. The van der Waals surface area contributed by atoms with Crippen LogP contribution in [-0.2, 0) is 41.6 Å². The lowest BCUT2D eigenvalue weighted by atomic mass is 9.87. The molecule has 48 heavy (non-hydrogen) atoms. The molecule has 0 spiro atoms. The van der Waals surface area contributed by atoms with Crippen molar-refractivity contribution in [3.8, 4) is 0 Å². The maximum atomic E-state index is 13.5. The third-order valence-electron chi connectivity index (χ3n) is 8.03. The Bertz CT molecular complexity index is 1620. The van der Waals surface area contributed by atoms with Crippen LogP contribution in [0.4, 0.5) is 0 Å². The summed E-state index contributed by atoms with van der Waals surface area (Å²) in [6.45, 7) is 8.73. The van der Waals surface area contributed by atoms with Gasteiger partial charge in [0.2, 0.25) is 29.4 Å². The third-order valence-corrected chi connectivity index (χ3v) is 8.03. The first-order valence-electron chi connectivity index (χ1n) is 16.2. The molecule has 0 heterocycles. The summed E-state index contributed by atoms with van der Waals surface area (Å²) in [7, 11) is 0. The molecule has 11 heteroatoms. The van der Waals surface area contributed by atoms with Crippen LogP contribution in [0.25, 0.3) is 10.8 Å². The molecule has 0 aliphatic rings. The van der Waals surface area contributed by atoms with Gasteiger partial charge in [0.05, 0.1) is 19.0 Å². The summed E-state index contributed by atoms with van der Waals surface area (Å²) in [4.78, 5) is 77.5. The average molecular weight is 658 g/mol. The SMILES string of the molecule is CC[C@H](C)C(NC(=O)C(CC(C)(C)C)NC(=O)Cc1ccccc1)C(=O)C(=O)NCC(=O)NC(Cc1ccc2ccccc2c1)C(N)=O. The highest BCUT2D eigenvalue weighted by Gasteiger charge is 2.35. The minimum atomic E-state index is -1.20. The second kappa shape index (κ2) is 17.2. The van der Waals surface area contributed by atoms with E-state index in [2.05, 4.69) is 21.3 Å².